The molecule has 188 valence electrons. The lowest BCUT2D eigenvalue weighted by atomic mass is 9.80. The number of carbonyl (C=O) groups is 1. The highest BCUT2D eigenvalue weighted by Crippen LogP contribution is 2.39. The zero-order chi connectivity index (χ0) is 24.7. The van der Waals surface area contributed by atoms with E-state index in [2.05, 4.69) is 41.8 Å². The molecule has 1 amide bonds. The van der Waals surface area contributed by atoms with Crippen molar-refractivity contribution in [2.75, 3.05) is 40.9 Å². The monoisotopic (exact) mass is 507 g/mol. The topological polar surface area (TPSA) is 78.9 Å². The number of carbonyl (C=O) groups excluding carboxylic acids is 1. The number of sulfonamides is 1. The predicted molar refractivity (Wildman–Crippen MR) is 136 cm³/mol. The third-order valence-electron chi connectivity index (χ3n) is 6.49. The Balaban J connectivity index is 1.37. The number of ether oxygens (including phenoxy) is 1. The highest BCUT2D eigenvalue weighted by molar-refractivity contribution is 7.89. The number of nitrogens with one attached hydrogen (secondary N) is 1. The summed E-state index contributed by atoms with van der Waals surface area (Å²) in [4.78, 5) is 16.3. The van der Waals surface area contributed by atoms with Gasteiger partial charge in [-0.15, -0.1) is 11.3 Å². The van der Waals surface area contributed by atoms with Gasteiger partial charge in [0.15, 0.2) is 0 Å². The van der Waals surface area contributed by atoms with Crippen LogP contribution in [0.15, 0.2) is 46.7 Å². The average Bonchev–Trinajstić information content (AvgIpc) is 3.32. The molecule has 1 fully saturated rings. The summed E-state index contributed by atoms with van der Waals surface area (Å²) in [7, 11) is 2.23. The number of aryl methyl sites for hydroxylation is 1. The van der Waals surface area contributed by atoms with Crippen molar-refractivity contribution in [1.82, 2.24) is 14.5 Å². The number of thiophene rings is 1. The first-order valence-corrected chi connectivity index (χ1v) is 14.1. The lowest BCUT2D eigenvalue weighted by Gasteiger charge is -2.37. The summed E-state index contributed by atoms with van der Waals surface area (Å²) >= 11 is 1.81. The Bertz CT molecular complexity index is 999. The summed E-state index contributed by atoms with van der Waals surface area (Å²) in [5.41, 5.74) is 1.00. The zero-order valence-corrected chi connectivity index (χ0v) is 22.2. The van der Waals surface area contributed by atoms with Gasteiger partial charge < -0.3 is 15.0 Å². The SMILES string of the molecule is Cc1ccc(S(=O)(=O)N(C)CCOCC(=O)NC2CCC(C(c3cccs3)N(C)C)CC2)cc1. The molecular formula is C25H37N3O4S2. The van der Waals surface area contributed by atoms with Gasteiger partial charge in [0.25, 0.3) is 0 Å². The van der Waals surface area contributed by atoms with E-state index in [0.29, 0.717) is 12.0 Å². The summed E-state index contributed by atoms with van der Waals surface area (Å²) < 4.78 is 32.0. The molecule has 1 aromatic heterocycles. The number of hydrogen-bond acceptors (Lipinski definition) is 6. The quantitative estimate of drug-likeness (QED) is 0.470. The summed E-state index contributed by atoms with van der Waals surface area (Å²) in [5, 5.41) is 5.22. The van der Waals surface area contributed by atoms with E-state index >= 15 is 0 Å². The summed E-state index contributed by atoms with van der Waals surface area (Å²) in [6.45, 7) is 2.19. The summed E-state index contributed by atoms with van der Waals surface area (Å²) in [5.74, 6) is 0.443. The molecule has 9 heteroatoms. The molecule has 1 unspecified atom stereocenters. The smallest absolute Gasteiger partial charge is 0.246 e. The Morgan fingerprint density at radius 1 is 1.12 bits per heavy atom. The Kier molecular flexibility index (Phi) is 9.67. The molecule has 1 aromatic carbocycles. The van der Waals surface area contributed by atoms with Gasteiger partial charge in [-0.3, -0.25) is 4.79 Å². The van der Waals surface area contributed by atoms with Crippen LogP contribution in [0.4, 0.5) is 0 Å². The highest BCUT2D eigenvalue weighted by Gasteiger charge is 2.31. The van der Waals surface area contributed by atoms with E-state index < -0.39 is 10.0 Å². The number of benzene rings is 1. The largest absolute Gasteiger partial charge is 0.370 e. The zero-order valence-electron chi connectivity index (χ0n) is 20.6. The molecule has 3 rings (SSSR count). The molecular weight excluding hydrogens is 470 g/mol. The molecule has 0 aliphatic heterocycles. The average molecular weight is 508 g/mol. The molecule has 0 saturated heterocycles. The first-order chi connectivity index (χ1) is 16.2. The van der Waals surface area contributed by atoms with Gasteiger partial charge in [-0.1, -0.05) is 23.8 Å². The Morgan fingerprint density at radius 3 is 2.38 bits per heavy atom. The van der Waals surface area contributed by atoms with Crippen LogP contribution in [0.3, 0.4) is 0 Å². The fourth-order valence-corrected chi connectivity index (χ4v) is 6.75. The van der Waals surface area contributed by atoms with Gasteiger partial charge in [-0.2, -0.15) is 4.31 Å². The number of nitrogens with zero attached hydrogens (tertiary/aromatic N) is 2. The van der Waals surface area contributed by atoms with Gasteiger partial charge in [-0.05, 0) is 76.2 Å². The first kappa shape index (κ1) is 26.8. The van der Waals surface area contributed by atoms with E-state index in [4.69, 9.17) is 4.74 Å². The van der Waals surface area contributed by atoms with Crippen LogP contribution in [-0.4, -0.2) is 70.5 Å². The number of likely N-dealkylation sites (N-methyl/N-ethyl adjacent to an activating group) is 1. The molecule has 1 aliphatic carbocycles. The van der Waals surface area contributed by atoms with Crippen molar-refractivity contribution < 1.29 is 17.9 Å². The number of rotatable bonds is 11. The van der Waals surface area contributed by atoms with Crippen molar-refractivity contribution in [2.45, 2.75) is 49.6 Å². The molecule has 1 saturated carbocycles. The van der Waals surface area contributed by atoms with Crippen LogP contribution in [0.1, 0.15) is 42.2 Å². The van der Waals surface area contributed by atoms with E-state index in [1.165, 1.54) is 16.2 Å². The number of hydrogen-bond donors (Lipinski definition) is 1. The van der Waals surface area contributed by atoms with Crippen molar-refractivity contribution in [2.24, 2.45) is 5.92 Å². The molecule has 0 radical (unpaired) electrons. The van der Waals surface area contributed by atoms with E-state index in [-0.39, 0.29) is 36.6 Å². The lowest BCUT2D eigenvalue weighted by molar-refractivity contribution is -0.126. The maximum atomic E-state index is 12.6. The molecule has 7 nitrogen and oxygen atoms in total. The predicted octanol–water partition coefficient (Wildman–Crippen LogP) is 3.67. The van der Waals surface area contributed by atoms with E-state index in [1.807, 2.05) is 18.3 Å². The van der Waals surface area contributed by atoms with Crippen LogP contribution in [-0.2, 0) is 19.6 Å². The maximum absolute atomic E-state index is 12.6. The third kappa shape index (κ3) is 7.11. The third-order valence-corrected chi connectivity index (χ3v) is 9.30. The normalized spacial score (nSPS) is 19.9. The van der Waals surface area contributed by atoms with Gasteiger partial charge in [0, 0.05) is 30.6 Å². The molecule has 1 atom stereocenters. The number of amides is 1. The standard InChI is InChI=1S/C25H37N3O4S2/c1-19-7-13-22(14-8-19)34(30,31)28(4)15-16-32-18-24(29)26-21-11-9-20(10-12-21)25(27(2)3)23-6-5-17-33-23/h5-8,13-14,17,20-21,25H,9-12,15-16,18H2,1-4H3,(H,26,29). The van der Waals surface area contributed by atoms with Crippen LogP contribution in [0.5, 0.6) is 0 Å². The molecule has 1 N–H and O–H groups in total. The van der Waals surface area contributed by atoms with Crippen LogP contribution in [0.25, 0.3) is 0 Å². The Labute approximate surface area is 208 Å². The molecule has 0 bridgehead atoms. The highest BCUT2D eigenvalue weighted by atomic mass is 32.2. The van der Waals surface area contributed by atoms with Crippen LogP contribution in [0, 0.1) is 12.8 Å². The van der Waals surface area contributed by atoms with E-state index in [1.54, 1.807) is 24.3 Å². The van der Waals surface area contributed by atoms with Gasteiger partial charge in [0.1, 0.15) is 6.61 Å². The van der Waals surface area contributed by atoms with Crippen molar-refractivity contribution in [3.63, 3.8) is 0 Å². The Morgan fingerprint density at radius 2 is 1.79 bits per heavy atom. The van der Waals surface area contributed by atoms with Gasteiger partial charge in [-0.25, -0.2) is 8.42 Å². The minimum atomic E-state index is -3.56. The van der Waals surface area contributed by atoms with Crippen LogP contribution in [0.2, 0.25) is 0 Å². The Hall–Kier alpha value is -1.78. The second-order valence-corrected chi connectivity index (χ2v) is 12.3. The second-order valence-electron chi connectivity index (χ2n) is 9.30. The fourth-order valence-electron chi connectivity index (χ4n) is 4.58. The maximum Gasteiger partial charge on any atom is 0.246 e. The minimum absolute atomic E-state index is 0.0616. The van der Waals surface area contributed by atoms with E-state index in [9.17, 15) is 13.2 Å². The van der Waals surface area contributed by atoms with Crippen LogP contribution < -0.4 is 5.32 Å². The summed E-state index contributed by atoms with van der Waals surface area (Å²) in [6.07, 6.45) is 4.08. The molecule has 1 aliphatic rings. The van der Waals surface area contributed by atoms with Crippen molar-refractivity contribution in [3.8, 4) is 0 Å². The van der Waals surface area contributed by atoms with Crippen LogP contribution >= 0.6 is 11.3 Å². The molecule has 1 heterocycles. The summed E-state index contributed by atoms with van der Waals surface area (Å²) in [6, 6.07) is 11.7. The van der Waals surface area contributed by atoms with E-state index in [0.717, 1.165) is 31.2 Å². The van der Waals surface area contributed by atoms with Gasteiger partial charge in [0.2, 0.25) is 15.9 Å². The van der Waals surface area contributed by atoms with Crippen molar-refractivity contribution in [1.29, 1.82) is 0 Å². The first-order valence-electron chi connectivity index (χ1n) is 11.8. The fraction of sp³-hybridized carbons (Fsp3) is 0.560. The molecule has 2 aromatic rings. The van der Waals surface area contributed by atoms with Crippen molar-refractivity contribution >= 4 is 27.3 Å². The molecule has 34 heavy (non-hydrogen) atoms. The van der Waals surface area contributed by atoms with Crippen molar-refractivity contribution in [3.05, 3.63) is 52.2 Å². The van der Waals surface area contributed by atoms with Gasteiger partial charge >= 0.3 is 0 Å². The lowest BCUT2D eigenvalue weighted by Crippen LogP contribution is -2.41. The molecule has 0 spiro atoms. The van der Waals surface area contributed by atoms with Gasteiger partial charge in [0.05, 0.1) is 11.5 Å². The second kappa shape index (κ2) is 12.3. The minimum Gasteiger partial charge on any atom is -0.370 e.